The molecule has 1 N–H and O–H groups in total. The molecule has 1 aliphatic rings. The van der Waals surface area contributed by atoms with Crippen LogP contribution in [0.15, 0.2) is 12.4 Å². The van der Waals surface area contributed by atoms with Crippen molar-refractivity contribution in [1.29, 1.82) is 0 Å². The van der Waals surface area contributed by atoms with Crippen LogP contribution in [0.5, 0.6) is 0 Å². The number of aromatic nitrogens is 2. The van der Waals surface area contributed by atoms with Crippen molar-refractivity contribution in [3.05, 3.63) is 18.1 Å². The van der Waals surface area contributed by atoms with Gasteiger partial charge in [0, 0.05) is 19.2 Å². The number of piperidine rings is 1. The zero-order chi connectivity index (χ0) is 11.5. The lowest BCUT2D eigenvalue weighted by Gasteiger charge is -2.31. The van der Waals surface area contributed by atoms with E-state index in [1.165, 1.54) is 12.7 Å². The minimum Gasteiger partial charge on any atom is -0.477 e. The second-order valence-electron chi connectivity index (χ2n) is 4.26. The number of carboxylic acid groups (broad SMARTS) is 1. The molecule has 0 saturated carbocycles. The van der Waals surface area contributed by atoms with Gasteiger partial charge >= 0.3 is 5.97 Å². The van der Waals surface area contributed by atoms with Crippen LogP contribution in [0.3, 0.4) is 0 Å². The molecule has 1 saturated heterocycles. The Morgan fingerprint density at radius 3 is 3.06 bits per heavy atom. The third kappa shape index (κ3) is 2.29. The number of carboxylic acids is 1. The van der Waals surface area contributed by atoms with Crippen LogP contribution in [-0.4, -0.2) is 34.1 Å². The first-order valence-corrected chi connectivity index (χ1v) is 5.47. The number of carbonyl (C=O) groups is 1. The molecule has 1 aliphatic heterocycles. The molecule has 1 fully saturated rings. The van der Waals surface area contributed by atoms with E-state index in [9.17, 15) is 4.79 Å². The van der Waals surface area contributed by atoms with E-state index < -0.39 is 5.97 Å². The molecule has 86 valence electrons. The van der Waals surface area contributed by atoms with Crippen molar-refractivity contribution in [2.75, 3.05) is 18.0 Å². The Morgan fingerprint density at radius 2 is 2.38 bits per heavy atom. The number of aromatic carboxylic acids is 1. The first-order chi connectivity index (χ1) is 7.66. The van der Waals surface area contributed by atoms with Gasteiger partial charge in [0.2, 0.25) is 0 Å². The predicted molar refractivity (Wildman–Crippen MR) is 59.6 cm³/mol. The maximum atomic E-state index is 10.8. The zero-order valence-corrected chi connectivity index (χ0v) is 9.26. The van der Waals surface area contributed by atoms with E-state index in [-0.39, 0.29) is 5.69 Å². The van der Waals surface area contributed by atoms with E-state index in [4.69, 9.17) is 5.11 Å². The van der Waals surface area contributed by atoms with Crippen LogP contribution >= 0.6 is 0 Å². The first kappa shape index (κ1) is 10.9. The lowest BCUT2D eigenvalue weighted by Crippen LogP contribution is -2.35. The van der Waals surface area contributed by atoms with Gasteiger partial charge in [-0.1, -0.05) is 6.92 Å². The molecule has 0 amide bonds. The van der Waals surface area contributed by atoms with Gasteiger partial charge in [0.25, 0.3) is 0 Å². The summed E-state index contributed by atoms with van der Waals surface area (Å²) < 4.78 is 0. The van der Waals surface area contributed by atoms with Crippen LogP contribution in [0.1, 0.15) is 30.3 Å². The average Bonchev–Trinajstić information content (AvgIpc) is 2.29. The molecule has 0 bridgehead atoms. The van der Waals surface area contributed by atoms with Gasteiger partial charge in [-0.15, -0.1) is 0 Å². The van der Waals surface area contributed by atoms with Gasteiger partial charge < -0.3 is 10.0 Å². The summed E-state index contributed by atoms with van der Waals surface area (Å²) in [4.78, 5) is 20.8. The molecule has 5 nitrogen and oxygen atoms in total. The Balaban J connectivity index is 2.19. The predicted octanol–water partition coefficient (Wildman–Crippen LogP) is 1.41. The lowest BCUT2D eigenvalue weighted by molar-refractivity contribution is 0.0690. The molecule has 1 aromatic heterocycles. The van der Waals surface area contributed by atoms with E-state index in [1.54, 1.807) is 6.07 Å². The van der Waals surface area contributed by atoms with Crippen LogP contribution in [0.2, 0.25) is 0 Å². The van der Waals surface area contributed by atoms with E-state index in [0.717, 1.165) is 25.3 Å². The molecule has 0 aliphatic carbocycles. The van der Waals surface area contributed by atoms with Crippen molar-refractivity contribution in [3.63, 3.8) is 0 Å². The minimum atomic E-state index is -1.01. The van der Waals surface area contributed by atoms with Crippen LogP contribution < -0.4 is 4.90 Å². The largest absolute Gasteiger partial charge is 0.477 e. The van der Waals surface area contributed by atoms with E-state index >= 15 is 0 Å². The number of hydrogen-bond donors (Lipinski definition) is 1. The molecule has 0 aromatic carbocycles. The highest BCUT2D eigenvalue weighted by Gasteiger charge is 2.18. The highest BCUT2D eigenvalue weighted by Crippen LogP contribution is 2.21. The molecule has 0 spiro atoms. The fourth-order valence-electron chi connectivity index (χ4n) is 2.03. The maximum absolute atomic E-state index is 10.8. The Bertz CT molecular complexity index is 395. The summed E-state index contributed by atoms with van der Waals surface area (Å²) in [5.74, 6) is 0.352. The molecule has 5 heteroatoms. The quantitative estimate of drug-likeness (QED) is 0.817. The summed E-state index contributed by atoms with van der Waals surface area (Å²) in [6.07, 6.45) is 3.68. The molecule has 1 atom stereocenters. The monoisotopic (exact) mass is 221 g/mol. The Morgan fingerprint density at radius 1 is 1.56 bits per heavy atom. The van der Waals surface area contributed by atoms with Gasteiger partial charge in [-0.05, 0) is 18.8 Å². The fraction of sp³-hybridized carbons (Fsp3) is 0.545. The normalized spacial score (nSPS) is 20.8. The molecular weight excluding hydrogens is 206 g/mol. The van der Waals surface area contributed by atoms with Crippen LogP contribution in [0.4, 0.5) is 5.82 Å². The second-order valence-corrected chi connectivity index (χ2v) is 4.26. The number of anilines is 1. The first-order valence-electron chi connectivity index (χ1n) is 5.47. The number of rotatable bonds is 2. The minimum absolute atomic E-state index is 0.0585. The molecule has 1 unspecified atom stereocenters. The highest BCUT2D eigenvalue weighted by atomic mass is 16.4. The number of nitrogens with zero attached hydrogens (tertiary/aromatic N) is 3. The number of hydrogen-bond acceptors (Lipinski definition) is 4. The van der Waals surface area contributed by atoms with Crippen LogP contribution in [0.25, 0.3) is 0 Å². The standard InChI is InChI=1S/C11H15N3O2/c1-8-3-2-4-14(6-8)10-5-9(11(15)16)12-7-13-10/h5,7-8H,2-4,6H2,1H3,(H,15,16). The van der Waals surface area contributed by atoms with Gasteiger partial charge in [-0.25, -0.2) is 14.8 Å². The lowest BCUT2D eigenvalue weighted by atomic mass is 10.0. The molecule has 1 aromatic rings. The van der Waals surface area contributed by atoms with Crippen molar-refractivity contribution in [2.24, 2.45) is 5.92 Å². The summed E-state index contributed by atoms with van der Waals surface area (Å²) in [6, 6.07) is 1.54. The van der Waals surface area contributed by atoms with Crippen molar-refractivity contribution in [2.45, 2.75) is 19.8 Å². The summed E-state index contributed by atoms with van der Waals surface area (Å²) in [7, 11) is 0. The summed E-state index contributed by atoms with van der Waals surface area (Å²) in [5.41, 5.74) is 0.0585. The van der Waals surface area contributed by atoms with Crippen molar-refractivity contribution in [3.8, 4) is 0 Å². The van der Waals surface area contributed by atoms with Crippen molar-refractivity contribution < 1.29 is 9.90 Å². The summed E-state index contributed by atoms with van der Waals surface area (Å²) in [6.45, 7) is 4.09. The third-order valence-corrected chi connectivity index (χ3v) is 2.85. The summed E-state index contributed by atoms with van der Waals surface area (Å²) in [5, 5.41) is 8.85. The molecule has 2 rings (SSSR count). The van der Waals surface area contributed by atoms with E-state index in [0.29, 0.717) is 5.92 Å². The molecule has 16 heavy (non-hydrogen) atoms. The second kappa shape index (κ2) is 4.47. The highest BCUT2D eigenvalue weighted by molar-refractivity contribution is 5.86. The van der Waals surface area contributed by atoms with Gasteiger partial charge in [-0.2, -0.15) is 0 Å². The van der Waals surface area contributed by atoms with Gasteiger partial charge in [0.05, 0.1) is 0 Å². The maximum Gasteiger partial charge on any atom is 0.354 e. The van der Waals surface area contributed by atoms with Crippen molar-refractivity contribution >= 4 is 11.8 Å². The van der Waals surface area contributed by atoms with Gasteiger partial charge in [0.1, 0.15) is 12.1 Å². The SMILES string of the molecule is CC1CCCN(c2cc(C(=O)O)ncn2)C1. The Hall–Kier alpha value is -1.65. The third-order valence-electron chi connectivity index (χ3n) is 2.85. The van der Waals surface area contributed by atoms with E-state index in [2.05, 4.69) is 21.8 Å². The van der Waals surface area contributed by atoms with Gasteiger partial charge in [0.15, 0.2) is 5.69 Å². The molecule has 2 heterocycles. The Kier molecular flexibility index (Phi) is 3.03. The average molecular weight is 221 g/mol. The van der Waals surface area contributed by atoms with Gasteiger partial charge in [-0.3, -0.25) is 0 Å². The van der Waals surface area contributed by atoms with Crippen LogP contribution in [0, 0.1) is 5.92 Å². The molecular formula is C11H15N3O2. The zero-order valence-electron chi connectivity index (χ0n) is 9.26. The summed E-state index contributed by atoms with van der Waals surface area (Å²) >= 11 is 0. The van der Waals surface area contributed by atoms with Crippen molar-refractivity contribution in [1.82, 2.24) is 9.97 Å². The Labute approximate surface area is 94.1 Å². The van der Waals surface area contributed by atoms with E-state index in [1.807, 2.05) is 0 Å². The smallest absolute Gasteiger partial charge is 0.354 e. The van der Waals surface area contributed by atoms with Crippen LogP contribution in [-0.2, 0) is 0 Å². The fourth-order valence-corrected chi connectivity index (χ4v) is 2.03. The molecule has 0 radical (unpaired) electrons. The topological polar surface area (TPSA) is 66.3 Å².